The van der Waals surface area contributed by atoms with E-state index in [0.29, 0.717) is 6.10 Å². The summed E-state index contributed by atoms with van der Waals surface area (Å²) in [6, 6.07) is 0. The molecule has 0 saturated carbocycles. The van der Waals surface area contributed by atoms with Gasteiger partial charge in [-0.2, -0.15) is 0 Å². The van der Waals surface area contributed by atoms with Crippen molar-refractivity contribution in [3.63, 3.8) is 0 Å². The van der Waals surface area contributed by atoms with Gasteiger partial charge in [0.25, 0.3) is 0 Å². The van der Waals surface area contributed by atoms with Crippen LogP contribution in [0, 0.1) is 0 Å². The summed E-state index contributed by atoms with van der Waals surface area (Å²) in [6.07, 6.45) is 11.5. The molecule has 86 valence electrons. The zero-order valence-corrected chi connectivity index (χ0v) is 10.3. The maximum atomic E-state index is 5.49. The largest absolute Gasteiger partial charge is 0.379 e. The first-order valence-corrected chi connectivity index (χ1v) is 6.42. The van der Waals surface area contributed by atoms with Crippen LogP contribution in [0.5, 0.6) is 0 Å². The van der Waals surface area contributed by atoms with E-state index in [2.05, 4.69) is 20.8 Å². The second-order valence-electron chi connectivity index (χ2n) is 4.18. The van der Waals surface area contributed by atoms with Crippen LogP contribution in [0.1, 0.15) is 72.1 Å². The van der Waals surface area contributed by atoms with Gasteiger partial charge < -0.3 is 4.74 Å². The lowest BCUT2D eigenvalue weighted by Crippen LogP contribution is -2.07. The van der Waals surface area contributed by atoms with Crippen LogP contribution in [0.2, 0.25) is 0 Å². The van der Waals surface area contributed by atoms with Crippen molar-refractivity contribution in [2.75, 3.05) is 6.61 Å². The van der Waals surface area contributed by atoms with Crippen LogP contribution in [0.3, 0.4) is 0 Å². The third-order valence-electron chi connectivity index (χ3n) is 2.67. The van der Waals surface area contributed by atoms with Crippen molar-refractivity contribution < 1.29 is 4.74 Å². The van der Waals surface area contributed by atoms with Gasteiger partial charge in [-0.1, -0.05) is 51.9 Å². The molecule has 0 aliphatic heterocycles. The van der Waals surface area contributed by atoms with Crippen molar-refractivity contribution >= 4 is 0 Å². The van der Waals surface area contributed by atoms with Gasteiger partial charge in [0.15, 0.2) is 0 Å². The zero-order valence-electron chi connectivity index (χ0n) is 10.3. The van der Waals surface area contributed by atoms with Crippen molar-refractivity contribution in [1.29, 1.82) is 0 Å². The molecular formula is C13H28O. The van der Waals surface area contributed by atoms with Crippen molar-refractivity contribution in [2.45, 2.75) is 78.2 Å². The Labute approximate surface area is 90.2 Å². The van der Waals surface area contributed by atoms with Crippen LogP contribution in [0.25, 0.3) is 0 Å². The highest BCUT2D eigenvalue weighted by atomic mass is 16.5. The number of hydrogen-bond acceptors (Lipinski definition) is 1. The zero-order chi connectivity index (χ0) is 10.6. The summed E-state index contributed by atoms with van der Waals surface area (Å²) < 4.78 is 5.49. The first kappa shape index (κ1) is 14.0. The molecule has 0 N–H and O–H groups in total. The summed E-state index contributed by atoms with van der Waals surface area (Å²) in [7, 11) is 0. The van der Waals surface area contributed by atoms with E-state index in [4.69, 9.17) is 4.74 Å². The average Bonchev–Trinajstić information content (AvgIpc) is 2.17. The second kappa shape index (κ2) is 11.0. The van der Waals surface area contributed by atoms with E-state index in [1.54, 1.807) is 0 Å². The van der Waals surface area contributed by atoms with Crippen LogP contribution >= 0.6 is 0 Å². The van der Waals surface area contributed by atoms with Crippen molar-refractivity contribution in [3.05, 3.63) is 0 Å². The summed E-state index contributed by atoms with van der Waals surface area (Å²) in [5, 5.41) is 0. The third kappa shape index (κ3) is 10.0. The highest BCUT2D eigenvalue weighted by Crippen LogP contribution is 2.10. The minimum absolute atomic E-state index is 0.468. The normalized spacial score (nSPS) is 13.1. The number of ether oxygens (including phenoxy) is 1. The quantitative estimate of drug-likeness (QED) is 0.470. The van der Waals surface area contributed by atoms with Gasteiger partial charge >= 0.3 is 0 Å². The van der Waals surface area contributed by atoms with E-state index < -0.39 is 0 Å². The minimum Gasteiger partial charge on any atom is -0.379 e. The molecule has 0 aromatic rings. The van der Waals surface area contributed by atoms with Crippen LogP contribution in [-0.4, -0.2) is 12.7 Å². The van der Waals surface area contributed by atoms with E-state index in [1.165, 1.54) is 51.4 Å². The molecule has 0 fully saturated rings. The Morgan fingerprint density at radius 1 is 0.857 bits per heavy atom. The highest BCUT2D eigenvalue weighted by molar-refractivity contribution is 4.51. The second-order valence-corrected chi connectivity index (χ2v) is 4.18. The molecule has 1 nitrogen and oxygen atoms in total. The Balaban J connectivity index is 2.98. The van der Waals surface area contributed by atoms with Gasteiger partial charge in [0, 0.05) is 6.61 Å². The molecule has 1 atom stereocenters. The van der Waals surface area contributed by atoms with Crippen LogP contribution in [0.4, 0.5) is 0 Å². The van der Waals surface area contributed by atoms with Gasteiger partial charge in [-0.25, -0.2) is 0 Å². The van der Waals surface area contributed by atoms with Gasteiger partial charge in [-0.3, -0.25) is 0 Å². The average molecular weight is 200 g/mol. The Bertz CT molecular complexity index is 101. The predicted molar refractivity (Wildman–Crippen MR) is 63.7 cm³/mol. The van der Waals surface area contributed by atoms with Crippen molar-refractivity contribution in [2.24, 2.45) is 0 Å². The van der Waals surface area contributed by atoms with Crippen molar-refractivity contribution in [3.8, 4) is 0 Å². The van der Waals surface area contributed by atoms with E-state index in [0.717, 1.165) is 6.61 Å². The first-order valence-electron chi connectivity index (χ1n) is 6.42. The molecule has 0 aliphatic rings. The summed E-state index contributed by atoms with van der Waals surface area (Å²) in [4.78, 5) is 0. The van der Waals surface area contributed by atoms with Gasteiger partial charge in [-0.05, 0) is 20.3 Å². The molecule has 0 aromatic carbocycles. The molecule has 0 bridgehead atoms. The molecule has 1 heteroatoms. The van der Waals surface area contributed by atoms with Gasteiger partial charge in [0.05, 0.1) is 6.10 Å². The number of hydrogen-bond donors (Lipinski definition) is 0. The fraction of sp³-hybridized carbons (Fsp3) is 1.00. The van der Waals surface area contributed by atoms with E-state index in [-0.39, 0.29) is 0 Å². The van der Waals surface area contributed by atoms with Crippen molar-refractivity contribution in [1.82, 2.24) is 0 Å². The van der Waals surface area contributed by atoms with E-state index in [9.17, 15) is 0 Å². The lowest BCUT2D eigenvalue weighted by atomic mass is 10.1. The smallest absolute Gasteiger partial charge is 0.0546 e. The summed E-state index contributed by atoms with van der Waals surface area (Å²) in [5.74, 6) is 0. The summed E-state index contributed by atoms with van der Waals surface area (Å²) in [5.41, 5.74) is 0. The Morgan fingerprint density at radius 2 is 1.43 bits per heavy atom. The molecule has 0 rings (SSSR count). The maximum Gasteiger partial charge on any atom is 0.0546 e. The molecule has 0 aliphatic carbocycles. The van der Waals surface area contributed by atoms with Crippen LogP contribution < -0.4 is 0 Å². The summed E-state index contributed by atoms with van der Waals surface area (Å²) >= 11 is 0. The maximum absolute atomic E-state index is 5.49. The molecule has 0 aromatic heterocycles. The lowest BCUT2D eigenvalue weighted by molar-refractivity contribution is 0.0683. The Morgan fingerprint density at radius 3 is 2.00 bits per heavy atom. The monoisotopic (exact) mass is 200 g/mol. The van der Waals surface area contributed by atoms with Crippen LogP contribution in [-0.2, 0) is 4.74 Å². The molecular weight excluding hydrogens is 172 g/mol. The fourth-order valence-electron chi connectivity index (χ4n) is 1.76. The molecule has 14 heavy (non-hydrogen) atoms. The minimum atomic E-state index is 0.468. The molecule has 0 amide bonds. The highest BCUT2D eigenvalue weighted by Gasteiger charge is 1.99. The van der Waals surface area contributed by atoms with E-state index in [1.807, 2.05) is 0 Å². The van der Waals surface area contributed by atoms with Gasteiger partial charge in [-0.15, -0.1) is 0 Å². The van der Waals surface area contributed by atoms with Gasteiger partial charge in [0.2, 0.25) is 0 Å². The van der Waals surface area contributed by atoms with Crippen LogP contribution in [0.15, 0.2) is 0 Å². The standard InChI is InChI=1S/C13H28O/c1-4-6-7-8-9-10-11-12-13(3)14-5-2/h13H,4-12H2,1-3H3. The molecule has 0 saturated heterocycles. The molecule has 0 spiro atoms. The molecule has 0 heterocycles. The number of rotatable bonds is 10. The predicted octanol–water partition coefficient (Wildman–Crippen LogP) is 4.55. The SMILES string of the molecule is CCCCCCCCCC(C)OCC. The summed E-state index contributed by atoms with van der Waals surface area (Å²) in [6.45, 7) is 7.38. The third-order valence-corrected chi connectivity index (χ3v) is 2.67. The molecule has 1 unspecified atom stereocenters. The van der Waals surface area contributed by atoms with Gasteiger partial charge in [0.1, 0.15) is 0 Å². The topological polar surface area (TPSA) is 9.23 Å². The number of unbranched alkanes of at least 4 members (excludes halogenated alkanes) is 6. The lowest BCUT2D eigenvalue weighted by Gasteiger charge is -2.10. The fourth-order valence-corrected chi connectivity index (χ4v) is 1.76. The molecule has 0 radical (unpaired) electrons. The Hall–Kier alpha value is -0.0400. The Kier molecular flexibility index (Phi) is 11.0. The van der Waals surface area contributed by atoms with E-state index >= 15 is 0 Å². The first-order chi connectivity index (χ1) is 6.81.